The number of rotatable bonds is 7. The Morgan fingerprint density at radius 3 is 2.53 bits per heavy atom. The summed E-state index contributed by atoms with van der Waals surface area (Å²) < 4.78 is 42.0. The van der Waals surface area contributed by atoms with Crippen LogP contribution in [-0.4, -0.2) is 50.2 Å². The van der Waals surface area contributed by atoms with Crippen molar-refractivity contribution in [2.24, 2.45) is 0 Å². The minimum Gasteiger partial charge on any atom is -0.406 e. The van der Waals surface area contributed by atoms with Gasteiger partial charge in [0, 0.05) is 13.6 Å². The minimum atomic E-state index is -4.76. The summed E-state index contributed by atoms with van der Waals surface area (Å²) in [5.41, 5.74) is 2.61. The Hall–Kier alpha value is -3.08. The Bertz CT molecular complexity index is 1010. The third-order valence-electron chi connectivity index (χ3n) is 4.18. The zero-order valence-electron chi connectivity index (χ0n) is 16.1. The molecule has 0 radical (unpaired) electrons. The Labute approximate surface area is 174 Å². The molecule has 0 aliphatic carbocycles. The highest BCUT2D eigenvalue weighted by molar-refractivity contribution is 7.99. The van der Waals surface area contributed by atoms with Crippen molar-refractivity contribution >= 4 is 17.7 Å². The molecule has 2 aromatic carbocycles. The predicted octanol–water partition coefficient (Wildman–Crippen LogP) is 3.62. The largest absolute Gasteiger partial charge is 0.573 e. The summed E-state index contributed by atoms with van der Waals surface area (Å²) in [6.45, 7) is 2.47. The molecule has 0 aliphatic heterocycles. The third kappa shape index (κ3) is 5.72. The molecular formula is C19H18F3N5O2S. The molecule has 0 unspecified atom stereocenters. The molecule has 1 aromatic heterocycles. The highest BCUT2D eigenvalue weighted by Gasteiger charge is 2.31. The van der Waals surface area contributed by atoms with Crippen LogP contribution in [-0.2, 0) is 11.3 Å². The van der Waals surface area contributed by atoms with Crippen LogP contribution >= 0.6 is 11.8 Å². The second-order valence-electron chi connectivity index (χ2n) is 6.38. The molecule has 3 aromatic rings. The zero-order chi connectivity index (χ0) is 21.7. The van der Waals surface area contributed by atoms with Crippen molar-refractivity contribution in [2.45, 2.75) is 25.0 Å². The van der Waals surface area contributed by atoms with Gasteiger partial charge in [-0.2, -0.15) is 4.68 Å². The summed E-state index contributed by atoms with van der Waals surface area (Å²) in [5.74, 6) is -0.342. The van der Waals surface area contributed by atoms with Crippen LogP contribution in [0.15, 0.2) is 53.7 Å². The number of aryl methyl sites for hydroxylation is 1. The zero-order valence-corrected chi connectivity index (χ0v) is 16.9. The molecule has 0 bridgehead atoms. The van der Waals surface area contributed by atoms with E-state index in [9.17, 15) is 18.0 Å². The van der Waals surface area contributed by atoms with E-state index in [1.165, 1.54) is 28.9 Å². The van der Waals surface area contributed by atoms with Crippen molar-refractivity contribution in [3.63, 3.8) is 0 Å². The van der Waals surface area contributed by atoms with Crippen molar-refractivity contribution in [3.05, 3.63) is 59.7 Å². The van der Waals surface area contributed by atoms with E-state index in [4.69, 9.17) is 0 Å². The van der Waals surface area contributed by atoms with Crippen LogP contribution in [0.4, 0.5) is 13.2 Å². The molecule has 158 valence electrons. The second kappa shape index (κ2) is 9.16. The normalized spacial score (nSPS) is 11.4. The van der Waals surface area contributed by atoms with Gasteiger partial charge in [-0.3, -0.25) is 4.79 Å². The van der Waals surface area contributed by atoms with Gasteiger partial charge in [-0.05, 0) is 52.7 Å². The van der Waals surface area contributed by atoms with Crippen LogP contribution in [0, 0.1) is 6.92 Å². The minimum absolute atomic E-state index is 0.105. The van der Waals surface area contributed by atoms with Gasteiger partial charge < -0.3 is 9.64 Å². The first-order chi connectivity index (χ1) is 14.2. The average molecular weight is 437 g/mol. The molecule has 0 spiro atoms. The first kappa shape index (κ1) is 21.6. The number of tetrazole rings is 1. The number of halogens is 3. The Morgan fingerprint density at radius 2 is 1.87 bits per heavy atom. The van der Waals surface area contributed by atoms with E-state index in [0.29, 0.717) is 17.4 Å². The number of carbonyl (C=O) groups excluding carboxylic acids is 1. The van der Waals surface area contributed by atoms with Gasteiger partial charge in [0.15, 0.2) is 0 Å². The maximum Gasteiger partial charge on any atom is 0.573 e. The maximum absolute atomic E-state index is 12.5. The van der Waals surface area contributed by atoms with E-state index >= 15 is 0 Å². The van der Waals surface area contributed by atoms with Gasteiger partial charge in [-0.25, -0.2) is 0 Å². The van der Waals surface area contributed by atoms with Crippen LogP contribution in [0.5, 0.6) is 5.75 Å². The van der Waals surface area contributed by atoms with Crippen LogP contribution in [0.1, 0.15) is 11.1 Å². The summed E-state index contributed by atoms with van der Waals surface area (Å²) in [6, 6.07) is 13.0. The fourth-order valence-electron chi connectivity index (χ4n) is 2.59. The number of hydrogen-bond donors (Lipinski definition) is 0. The lowest BCUT2D eigenvalue weighted by Crippen LogP contribution is -2.28. The lowest BCUT2D eigenvalue weighted by molar-refractivity contribution is -0.274. The molecule has 1 amide bonds. The van der Waals surface area contributed by atoms with Crippen LogP contribution < -0.4 is 4.74 Å². The Kier molecular flexibility index (Phi) is 6.60. The lowest BCUT2D eigenvalue weighted by Gasteiger charge is -2.18. The van der Waals surface area contributed by atoms with Gasteiger partial charge in [0.2, 0.25) is 11.1 Å². The quantitative estimate of drug-likeness (QED) is 0.526. The van der Waals surface area contributed by atoms with Gasteiger partial charge in [-0.15, -0.1) is 18.3 Å². The van der Waals surface area contributed by atoms with E-state index in [-0.39, 0.29) is 17.4 Å². The molecule has 1 heterocycles. The molecule has 0 saturated carbocycles. The molecule has 30 heavy (non-hydrogen) atoms. The monoisotopic (exact) mass is 437 g/mol. The van der Waals surface area contributed by atoms with Gasteiger partial charge in [0.05, 0.1) is 11.4 Å². The molecule has 0 N–H and O–H groups in total. The molecular weight excluding hydrogens is 419 g/mol. The first-order valence-corrected chi connectivity index (χ1v) is 9.77. The van der Waals surface area contributed by atoms with Crippen LogP contribution in [0.3, 0.4) is 0 Å². The number of hydrogen-bond acceptors (Lipinski definition) is 6. The summed E-state index contributed by atoms with van der Waals surface area (Å²) in [6.07, 6.45) is -4.76. The molecule has 0 atom stereocenters. The lowest BCUT2D eigenvalue weighted by atomic mass is 10.1. The number of benzene rings is 2. The molecule has 0 aliphatic rings. The topological polar surface area (TPSA) is 73.1 Å². The number of amides is 1. The number of ether oxygens (including phenoxy) is 1. The van der Waals surface area contributed by atoms with Gasteiger partial charge in [0.1, 0.15) is 5.75 Å². The Morgan fingerprint density at radius 1 is 1.17 bits per heavy atom. The number of thioether (sulfide) groups is 1. The first-order valence-electron chi connectivity index (χ1n) is 8.79. The number of carbonyl (C=O) groups is 1. The van der Waals surface area contributed by atoms with Crippen molar-refractivity contribution in [3.8, 4) is 11.4 Å². The van der Waals surface area contributed by atoms with Crippen molar-refractivity contribution in [1.29, 1.82) is 0 Å². The highest BCUT2D eigenvalue weighted by atomic mass is 32.2. The maximum atomic E-state index is 12.5. The molecule has 0 fully saturated rings. The SMILES string of the molecule is Cc1ccccc1CN(C)C(=O)CSc1nnnn1-c1ccc(OC(F)(F)F)cc1. The van der Waals surface area contributed by atoms with E-state index in [1.54, 1.807) is 11.9 Å². The van der Waals surface area contributed by atoms with Crippen molar-refractivity contribution < 1.29 is 22.7 Å². The second-order valence-corrected chi connectivity index (χ2v) is 7.32. The fraction of sp³-hybridized carbons (Fsp3) is 0.263. The van der Waals surface area contributed by atoms with Gasteiger partial charge in [-0.1, -0.05) is 36.0 Å². The van der Waals surface area contributed by atoms with Crippen molar-refractivity contribution in [1.82, 2.24) is 25.1 Å². The molecule has 7 nitrogen and oxygen atoms in total. The molecule has 11 heteroatoms. The highest BCUT2D eigenvalue weighted by Crippen LogP contribution is 2.25. The smallest absolute Gasteiger partial charge is 0.406 e. The summed E-state index contributed by atoms with van der Waals surface area (Å²) in [5, 5.41) is 11.7. The van der Waals surface area contributed by atoms with E-state index in [1.807, 2.05) is 31.2 Å². The van der Waals surface area contributed by atoms with Crippen LogP contribution in [0.25, 0.3) is 5.69 Å². The van der Waals surface area contributed by atoms with Gasteiger partial charge in [0.25, 0.3) is 0 Å². The van der Waals surface area contributed by atoms with E-state index in [2.05, 4.69) is 20.3 Å². The van der Waals surface area contributed by atoms with E-state index in [0.717, 1.165) is 22.9 Å². The number of alkyl halides is 3. The van der Waals surface area contributed by atoms with Gasteiger partial charge >= 0.3 is 6.36 Å². The van der Waals surface area contributed by atoms with E-state index < -0.39 is 6.36 Å². The average Bonchev–Trinajstić information content (AvgIpc) is 3.16. The number of nitrogens with zero attached hydrogens (tertiary/aromatic N) is 5. The fourth-order valence-corrected chi connectivity index (χ4v) is 3.42. The standard InChI is InChI=1S/C19H18F3N5O2S/c1-13-5-3-4-6-14(13)11-26(2)17(28)12-30-18-23-24-25-27(18)15-7-9-16(10-8-15)29-19(20,21)22/h3-10H,11-12H2,1-2H3. The number of aromatic nitrogens is 4. The predicted molar refractivity (Wildman–Crippen MR) is 104 cm³/mol. The Balaban J connectivity index is 1.62. The molecule has 3 rings (SSSR count). The third-order valence-corrected chi connectivity index (χ3v) is 5.08. The van der Waals surface area contributed by atoms with Crippen molar-refractivity contribution in [2.75, 3.05) is 12.8 Å². The summed E-state index contributed by atoms with van der Waals surface area (Å²) in [7, 11) is 1.72. The summed E-state index contributed by atoms with van der Waals surface area (Å²) >= 11 is 1.14. The summed E-state index contributed by atoms with van der Waals surface area (Å²) in [4.78, 5) is 14.1. The molecule has 0 saturated heterocycles. The van der Waals surface area contributed by atoms with Crippen LogP contribution in [0.2, 0.25) is 0 Å².